The summed E-state index contributed by atoms with van der Waals surface area (Å²) in [6.07, 6.45) is 1.93. The van der Waals surface area contributed by atoms with Crippen molar-refractivity contribution < 1.29 is 4.79 Å². The highest BCUT2D eigenvalue weighted by molar-refractivity contribution is 7.19. The summed E-state index contributed by atoms with van der Waals surface area (Å²) < 4.78 is 0. The third-order valence-electron chi connectivity index (χ3n) is 8.32. The number of hydrogen-bond donors (Lipinski definition) is 1. The van der Waals surface area contributed by atoms with Gasteiger partial charge < -0.3 is 15.1 Å². The van der Waals surface area contributed by atoms with Crippen molar-refractivity contribution in [2.75, 3.05) is 49.5 Å². The van der Waals surface area contributed by atoms with Gasteiger partial charge in [-0.2, -0.15) is 0 Å². The zero-order valence-corrected chi connectivity index (χ0v) is 26.2. The van der Waals surface area contributed by atoms with Crippen molar-refractivity contribution in [2.45, 2.75) is 79.7 Å². The molecule has 2 aliphatic rings. The summed E-state index contributed by atoms with van der Waals surface area (Å²) in [6, 6.07) is 6.38. The van der Waals surface area contributed by atoms with Crippen LogP contribution in [0.15, 0.2) is 18.2 Å². The number of piperazine rings is 1. The maximum Gasteiger partial charge on any atom is 0.321 e. The number of anilines is 2. The van der Waals surface area contributed by atoms with E-state index in [0.29, 0.717) is 30.8 Å². The van der Waals surface area contributed by atoms with Gasteiger partial charge in [0.25, 0.3) is 0 Å². The first-order valence-electron chi connectivity index (χ1n) is 15.1. The Bertz CT molecular complexity index is 1330. The second kappa shape index (κ2) is 12.0. The molecular weight excluding hydrogens is 516 g/mol. The number of amides is 2. The van der Waals surface area contributed by atoms with Crippen LogP contribution in [0, 0.1) is 5.92 Å². The number of benzene rings is 1. The molecule has 4 heterocycles. The topological polar surface area (TPSA) is 64.6 Å². The summed E-state index contributed by atoms with van der Waals surface area (Å²) in [5.41, 5.74) is 4.83. The fourth-order valence-electron chi connectivity index (χ4n) is 6.03. The fourth-order valence-corrected chi connectivity index (χ4v) is 7.30. The summed E-state index contributed by atoms with van der Waals surface area (Å²) in [6.45, 7) is 21.5. The van der Waals surface area contributed by atoms with E-state index in [0.717, 1.165) is 67.7 Å². The van der Waals surface area contributed by atoms with Crippen molar-refractivity contribution in [1.82, 2.24) is 19.8 Å². The molecule has 3 aromatic rings. The number of thiophene rings is 1. The zero-order chi connectivity index (χ0) is 28.6. The van der Waals surface area contributed by atoms with Gasteiger partial charge in [-0.05, 0) is 47.4 Å². The Kier molecular flexibility index (Phi) is 8.66. The second-order valence-electron chi connectivity index (χ2n) is 12.4. The fraction of sp³-hybridized carbons (Fsp3) is 0.594. The lowest BCUT2D eigenvalue weighted by Gasteiger charge is -2.36. The first-order chi connectivity index (χ1) is 19.2. The summed E-state index contributed by atoms with van der Waals surface area (Å²) in [5.74, 6) is 3.20. The molecule has 1 fully saturated rings. The first-order valence-corrected chi connectivity index (χ1v) is 15.9. The van der Waals surface area contributed by atoms with Crippen molar-refractivity contribution in [1.29, 1.82) is 0 Å². The number of nitrogens with one attached hydrogen (secondary N) is 1. The minimum absolute atomic E-state index is 0.00412. The molecule has 0 spiro atoms. The molecular formula is C32H46N6OS. The number of hydrogen-bond acceptors (Lipinski definition) is 6. The quantitative estimate of drug-likeness (QED) is 0.341. The van der Waals surface area contributed by atoms with Gasteiger partial charge in [-0.3, -0.25) is 4.90 Å². The van der Waals surface area contributed by atoms with Crippen LogP contribution < -0.4 is 10.2 Å². The Morgan fingerprint density at radius 2 is 1.65 bits per heavy atom. The zero-order valence-electron chi connectivity index (χ0n) is 25.4. The molecule has 1 aromatic carbocycles. The molecule has 1 N–H and O–H groups in total. The van der Waals surface area contributed by atoms with E-state index in [9.17, 15) is 4.79 Å². The lowest BCUT2D eigenvalue weighted by atomic mass is 9.93. The van der Waals surface area contributed by atoms with Gasteiger partial charge in [0.15, 0.2) is 0 Å². The second-order valence-corrected chi connectivity index (χ2v) is 13.5. The normalized spacial score (nSPS) is 16.4. The largest absolute Gasteiger partial charge is 0.352 e. The minimum Gasteiger partial charge on any atom is -0.352 e. The number of likely N-dealkylation sites (N-methyl/N-ethyl adjacent to an activating group) is 1. The molecule has 0 atom stereocenters. The maximum absolute atomic E-state index is 13.5. The van der Waals surface area contributed by atoms with E-state index in [1.54, 1.807) is 0 Å². The van der Waals surface area contributed by atoms with Crippen molar-refractivity contribution in [3.05, 3.63) is 45.6 Å². The average Bonchev–Trinajstić information content (AvgIpc) is 3.29. The smallest absolute Gasteiger partial charge is 0.321 e. The number of aromatic nitrogens is 2. The number of para-hydroxylation sites is 1. The summed E-state index contributed by atoms with van der Waals surface area (Å²) in [5, 5.41) is 4.57. The predicted molar refractivity (Wildman–Crippen MR) is 168 cm³/mol. The third-order valence-corrected chi connectivity index (χ3v) is 9.43. The van der Waals surface area contributed by atoms with Gasteiger partial charge in [-0.1, -0.05) is 66.7 Å². The van der Waals surface area contributed by atoms with E-state index in [1.165, 1.54) is 27.0 Å². The lowest BCUT2D eigenvalue weighted by Crippen LogP contribution is -2.50. The molecule has 0 saturated carbocycles. The van der Waals surface area contributed by atoms with Crippen LogP contribution in [0.1, 0.15) is 87.7 Å². The van der Waals surface area contributed by atoms with Crippen LogP contribution in [0.5, 0.6) is 0 Å². The van der Waals surface area contributed by atoms with Crippen molar-refractivity contribution in [2.24, 2.45) is 5.92 Å². The van der Waals surface area contributed by atoms with Gasteiger partial charge in [-0.15, -0.1) is 11.3 Å². The minimum atomic E-state index is -0.00412. The molecule has 1 saturated heterocycles. The highest BCUT2D eigenvalue weighted by Crippen LogP contribution is 2.39. The van der Waals surface area contributed by atoms with Gasteiger partial charge in [0.2, 0.25) is 0 Å². The molecule has 2 aliphatic heterocycles. The number of nitrogens with zero attached hydrogens (tertiary/aromatic N) is 5. The number of urea groups is 1. The Balaban J connectivity index is 1.38. The molecule has 5 rings (SSSR count). The predicted octanol–water partition coefficient (Wildman–Crippen LogP) is 6.87. The molecule has 2 aromatic heterocycles. The first kappa shape index (κ1) is 28.8. The van der Waals surface area contributed by atoms with Crippen LogP contribution in [0.2, 0.25) is 0 Å². The number of fused-ring (bicyclic) bond motifs is 3. The third kappa shape index (κ3) is 5.84. The summed E-state index contributed by atoms with van der Waals surface area (Å²) >= 11 is 1.86. The highest BCUT2D eigenvalue weighted by Gasteiger charge is 2.29. The molecule has 0 radical (unpaired) electrons. The van der Waals surface area contributed by atoms with Gasteiger partial charge in [0.05, 0.1) is 5.39 Å². The van der Waals surface area contributed by atoms with E-state index in [1.807, 2.05) is 16.2 Å². The van der Waals surface area contributed by atoms with Crippen LogP contribution in [-0.4, -0.2) is 65.1 Å². The monoisotopic (exact) mass is 562 g/mol. The molecule has 8 heteroatoms. The molecule has 0 bridgehead atoms. The van der Waals surface area contributed by atoms with Gasteiger partial charge in [-0.25, -0.2) is 14.8 Å². The average molecular weight is 563 g/mol. The van der Waals surface area contributed by atoms with E-state index in [4.69, 9.17) is 9.97 Å². The summed E-state index contributed by atoms with van der Waals surface area (Å²) in [4.78, 5) is 33.2. The van der Waals surface area contributed by atoms with Gasteiger partial charge in [0.1, 0.15) is 16.5 Å². The van der Waals surface area contributed by atoms with Gasteiger partial charge in [0, 0.05) is 56.3 Å². The van der Waals surface area contributed by atoms with E-state index < -0.39 is 0 Å². The van der Waals surface area contributed by atoms with E-state index in [2.05, 4.69) is 81.8 Å². The Hall–Kier alpha value is -2.71. The molecule has 0 aliphatic carbocycles. The Labute approximate surface area is 244 Å². The van der Waals surface area contributed by atoms with Crippen LogP contribution in [-0.2, 0) is 19.4 Å². The Morgan fingerprint density at radius 1 is 0.975 bits per heavy atom. The highest BCUT2D eigenvalue weighted by atomic mass is 32.1. The number of carbonyl (C=O) groups excluding carboxylic acids is 1. The van der Waals surface area contributed by atoms with Gasteiger partial charge >= 0.3 is 6.03 Å². The molecule has 2 amide bonds. The molecule has 7 nitrogen and oxygen atoms in total. The standard InChI is InChI=1S/C32H46N6OS/c1-8-36-13-12-25-26(19-36)40-31-28(25)30(33-27(34-31)18-20(2)3)37-14-16-38(17-15-37)32(39)35-29-23(21(4)5)10-9-11-24(29)22(6)7/h9-11,20-22H,8,12-19H2,1-7H3,(H,35,39). The number of carbonyl (C=O) groups is 1. The maximum atomic E-state index is 13.5. The van der Waals surface area contributed by atoms with E-state index in [-0.39, 0.29) is 6.03 Å². The van der Waals surface area contributed by atoms with Crippen molar-refractivity contribution >= 4 is 39.1 Å². The molecule has 216 valence electrons. The summed E-state index contributed by atoms with van der Waals surface area (Å²) in [7, 11) is 0. The van der Waals surface area contributed by atoms with Crippen LogP contribution >= 0.6 is 11.3 Å². The van der Waals surface area contributed by atoms with Crippen LogP contribution in [0.3, 0.4) is 0 Å². The molecule has 0 unspecified atom stereocenters. The van der Waals surface area contributed by atoms with E-state index >= 15 is 0 Å². The SMILES string of the molecule is CCN1CCc2c(sc3nc(CC(C)C)nc(N4CCN(C(=O)Nc5c(C(C)C)cccc5C(C)C)CC4)c23)C1. The number of rotatable bonds is 7. The van der Waals surface area contributed by atoms with Crippen LogP contribution in [0.4, 0.5) is 16.3 Å². The van der Waals surface area contributed by atoms with Crippen LogP contribution in [0.25, 0.3) is 10.2 Å². The van der Waals surface area contributed by atoms with Crippen molar-refractivity contribution in [3.63, 3.8) is 0 Å². The van der Waals surface area contributed by atoms with Crippen molar-refractivity contribution in [3.8, 4) is 0 Å². The molecule has 40 heavy (non-hydrogen) atoms. The lowest BCUT2D eigenvalue weighted by molar-refractivity contribution is 0.208. The Morgan fingerprint density at radius 3 is 2.25 bits per heavy atom.